The van der Waals surface area contributed by atoms with Gasteiger partial charge >= 0.3 is 0 Å². The lowest BCUT2D eigenvalue weighted by Gasteiger charge is -2.37. The number of likely N-dealkylation sites (tertiary alicyclic amines) is 1. The molecule has 3 aliphatic rings. The van der Waals surface area contributed by atoms with Gasteiger partial charge in [-0.2, -0.15) is 0 Å². The summed E-state index contributed by atoms with van der Waals surface area (Å²) in [5.41, 5.74) is 1.34. The topological polar surface area (TPSA) is 117 Å². The highest BCUT2D eigenvalue weighted by molar-refractivity contribution is 9.09. The van der Waals surface area contributed by atoms with Gasteiger partial charge in [-0.15, -0.1) is 0 Å². The fourth-order valence-corrected chi connectivity index (χ4v) is 8.42. The van der Waals surface area contributed by atoms with Crippen LogP contribution in [0.3, 0.4) is 0 Å². The summed E-state index contributed by atoms with van der Waals surface area (Å²) in [5, 5.41) is 16.9. The number of nitrogens with zero attached hydrogens (tertiary/aromatic N) is 1. The number of carbonyl (C=O) groups excluding carboxylic acids is 3. The SMILES string of the molecule is CCOc1ccc(NC(=O)[C@H]2[C@H]3C(=O)N([C@@H](CO)Cc4ccccc4)C(C(=O)Nc4c(C)cccc4Cl)C34CC(Br)[C@@H]2O4)cc1. The van der Waals surface area contributed by atoms with E-state index >= 15 is 0 Å². The molecule has 6 rings (SSSR count). The van der Waals surface area contributed by atoms with E-state index in [9.17, 15) is 19.5 Å². The Hall–Kier alpha value is -3.44. The molecule has 9 nitrogen and oxygen atoms in total. The number of fused-ring (bicyclic) bond motifs is 1. The molecule has 3 unspecified atom stereocenters. The van der Waals surface area contributed by atoms with Gasteiger partial charge in [0.25, 0.3) is 0 Å². The van der Waals surface area contributed by atoms with Crippen LogP contribution in [0.5, 0.6) is 5.75 Å². The molecule has 0 saturated carbocycles. The number of aryl methyl sites for hydroxylation is 1. The smallest absolute Gasteiger partial charge is 0.250 e. The maximum atomic E-state index is 14.6. The molecule has 3 amide bonds. The van der Waals surface area contributed by atoms with E-state index in [4.69, 9.17) is 21.1 Å². The number of aliphatic hydroxyl groups is 1. The van der Waals surface area contributed by atoms with Crippen molar-refractivity contribution < 1.29 is 29.0 Å². The molecule has 3 N–H and O–H groups in total. The summed E-state index contributed by atoms with van der Waals surface area (Å²) in [6, 6.07) is 19.9. The van der Waals surface area contributed by atoms with Gasteiger partial charge in [-0.25, -0.2) is 0 Å². The Labute approximate surface area is 275 Å². The molecule has 1 spiro atoms. The maximum Gasteiger partial charge on any atom is 0.250 e. The number of carbonyl (C=O) groups is 3. The molecule has 0 aliphatic carbocycles. The Morgan fingerprint density at radius 3 is 2.49 bits per heavy atom. The van der Waals surface area contributed by atoms with Gasteiger partial charge in [0.05, 0.1) is 47.9 Å². The summed E-state index contributed by atoms with van der Waals surface area (Å²) in [6.07, 6.45) is 0.00807. The number of halogens is 2. The Morgan fingerprint density at radius 2 is 1.82 bits per heavy atom. The second-order valence-electron chi connectivity index (χ2n) is 11.8. The van der Waals surface area contributed by atoms with Crippen LogP contribution < -0.4 is 15.4 Å². The molecule has 0 radical (unpaired) electrons. The molecule has 3 fully saturated rings. The Kier molecular flexibility index (Phi) is 8.94. The van der Waals surface area contributed by atoms with E-state index in [1.165, 1.54) is 4.90 Å². The van der Waals surface area contributed by atoms with Crippen molar-refractivity contribution in [3.05, 3.63) is 88.9 Å². The van der Waals surface area contributed by atoms with Crippen LogP contribution in [0.2, 0.25) is 5.02 Å². The zero-order valence-corrected chi connectivity index (χ0v) is 27.3. The first-order valence-electron chi connectivity index (χ1n) is 15.1. The van der Waals surface area contributed by atoms with Gasteiger partial charge in [0.2, 0.25) is 17.7 Å². The van der Waals surface area contributed by atoms with Crippen LogP contribution in [0, 0.1) is 18.8 Å². The summed E-state index contributed by atoms with van der Waals surface area (Å²) in [6.45, 7) is 3.86. The molecule has 2 bridgehead atoms. The minimum atomic E-state index is -1.31. The molecule has 3 aromatic carbocycles. The fraction of sp³-hybridized carbons (Fsp3) is 0.382. The predicted molar refractivity (Wildman–Crippen MR) is 175 cm³/mol. The number of aliphatic hydroxyl groups excluding tert-OH is 1. The van der Waals surface area contributed by atoms with Gasteiger partial charge in [0, 0.05) is 10.5 Å². The lowest BCUT2D eigenvalue weighted by Crippen LogP contribution is -2.57. The number of nitrogens with one attached hydrogen (secondary N) is 2. The standard InChI is InChI=1S/C34H35BrClN3O6/c1-3-44-23-14-12-21(13-15-23)37-31(41)26-27-33(43)39(22(18-40)16-20-9-5-4-6-10-20)30(34(27)17-24(35)29(26)45-34)32(42)38-28-19(2)8-7-11-25(28)36/h4-15,22,24,26-27,29-30,40H,3,16-18H2,1-2H3,(H,37,41)(H,38,42)/t22-,24?,26+,27+,29+,30?,34?/m1/s1. The third-order valence-electron chi connectivity index (χ3n) is 9.10. The maximum absolute atomic E-state index is 14.6. The minimum absolute atomic E-state index is 0.281. The van der Waals surface area contributed by atoms with Gasteiger partial charge < -0.3 is 30.1 Å². The van der Waals surface area contributed by atoms with E-state index < -0.39 is 47.4 Å². The number of alkyl halides is 1. The number of hydrogen-bond acceptors (Lipinski definition) is 6. The Morgan fingerprint density at radius 1 is 1.09 bits per heavy atom. The van der Waals surface area contributed by atoms with Crippen LogP contribution in [-0.2, 0) is 25.5 Å². The molecular formula is C34H35BrClN3O6. The number of ether oxygens (including phenoxy) is 2. The molecule has 3 aromatic rings. The zero-order valence-electron chi connectivity index (χ0n) is 24.9. The van der Waals surface area contributed by atoms with Crippen molar-refractivity contribution in [2.45, 2.75) is 55.3 Å². The third-order valence-corrected chi connectivity index (χ3v) is 10.3. The first-order valence-corrected chi connectivity index (χ1v) is 16.4. The summed E-state index contributed by atoms with van der Waals surface area (Å²) >= 11 is 10.2. The van der Waals surface area contributed by atoms with E-state index in [2.05, 4.69) is 26.6 Å². The van der Waals surface area contributed by atoms with Crippen LogP contribution in [-0.4, -0.2) is 69.6 Å². The van der Waals surface area contributed by atoms with E-state index in [1.54, 1.807) is 36.4 Å². The van der Waals surface area contributed by atoms with Crippen LogP contribution in [0.4, 0.5) is 11.4 Å². The van der Waals surface area contributed by atoms with E-state index in [-0.39, 0.29) is 17.3 Å². The van der Waals surface area contributed by atoms with Gasteiger partial charge in [-0.3, -0.25) is 14.4 Å². The average molecular weight is 697 g/mol. The molecule has 11 heteroatoms. The Bertz CT molecular complexity index is 1570. The molecular weight excluding hydrogens is 662 g/mol. The molecule has 7 atom stereocenters. The first kappa shape index (κ1) is 31.5. The van der Waals surface area contributed by atoms with Crippen molar-refractivity contribution in [3.8, 4) is 5.75 Å². The van der Waals surface area contributed by atoms with E-state index in [1.807, 2.05) is 50.2 Å². The first-order chi connectivity index (χ1) is 21.7. The second kappa shape index (κ2) is 12.7. The summed E-state index contributed by atoms with van der Waals surface area (Å²) in [7, 11) is 0. The number of amides is 3. The largest absolute Gasteiger partial charge is 0.494 e. The van der Waals surface area contributed by atoms with Crippen molar-refractivity contribution in [2.75, 3.05) is 23.8 Å². The quantitative estimate of drug-likeness (QED) is 0.258. The number of rotatable bonds is 10. The number of hydrogen-bond donors (Lipinski definition) is 3. The average Bonchev–Trinajstić information content (AvgIpc) is 3.62. The summed E-state index contributed by atoms with van der Waals surface area (Å²) < 4.78 is 12.1. The normalized spacial score (nSPS) is 27.3. The van der Waals surface area contributed by atoms with Gasteiger partial charge in [0.1, 0.15) is 17.4 Å². The molecule has 236 valence electrons. The van der Waals surface area contributed by atoms with Crippen molar-refractivity contribution in [2.24, 2.45) is 11.8 Å². The lowest BCUT2D eigenvalue weighted by molar-refractivity contribution is -0.143. The molecule has 0 aromatic heterocycles. The second-order valence-corrected chi connectivity index (χ2v) is 13.4. The monoisotopic (exact) mass is 695 g/mol. The lowest BCUT2D eigenvalue weighted by atomic mass is 9.70. The van der Waals surface area contributed by atoms with Crippen molar-refractivity contribution in [1.29, 1.82) is 0 Å². The molecule has 3 aliphatic heterocycles. The van der Waals surface area contributed by atoms with Crippen LogP contribution in [0.25, 0.3) is 0 Å². The van der Waals surface area contributed by atoms with Crippen molar-refractivity contribution >= 4 is 56.6 Å². The van der Waals surface area contributed by atoms with Crippen molar-refractivity contribution in [1.82, 2.24) is 4.90 Å². The predicted octanol–water partition coefficient (Wildman–Crippen LogP) is 4.98. The van der Waals surface area contributed by atoms with Crippen LogP contribution in [0.1, 0.15) is 24.5 Å². The van der Waals surface area contributed by atoms with Crippen molar-refractivity contribution in [3.63, 3.8) is 0 Å². The highest BCUT2D eigenvalue weighted by atomic mass is 79.9. The number of benzene rings is 3. The molecule has 3 heterocycles. The summed E-state index contributed by atoms with van der Waals surface area (Å²) in [4.78, 5) is 44.1. The molecule has 45 heavy (non-hydrogen) atoms. The van der Waals surface area contributed by atoms with Gasteiger partial charge in [-0.05, 0) is 68.1 Å². The third kappa shape index (κ3) is 5.62. The Balaban J connectivity index is 1.37. The highest BCUT2D eigenvalue weighted by Crippen LogP contribution is 2.60. The number of anilines is 2. The minimum Gasteiger partial charge on any atom is -0.494 e. The summed E-state index contributed by atoms with van der Waals surface area (Å²) in [5.74, 6) is -2.39. The zero-order chi connectivity index (χ0) is 31.9. The van der Waals surface area contributed by atoms with Gasteiger partial charge in [0.15, 0.2) is 0 Å². The highest BCUT2D eigenvalue weighted by Gasteiger charge is 2.77. The van der Waals surface area contributed by atoms with E-state index in [0.29, 0.717) is 41.6 Å². The van der Waals surface area contributed by atoms with Gasteiger partial charge in [-0.1, -0.05) is 70.0 Å². The van der Waals surface area contributed by atoms with E-state index in [0.717, 1.165) is 11.1 Å². The van der Waals surface area contributed by atoms with Crippen LogP contribution >= 0.6 is 27.5 Å². The fourth-order valence-electron chi connectivity index (χ4n) is 7.21. The number of para-hydroxylation sites is 1. The van der Waals surface area contributed by atoms with Crippen LogP contribution in [0.15, 0.2) is 72.8 Å². The molecule has 3 saturated heterocycles.